The van der Waals surface area contributed by atoms with Gasteiger partial charge in [0.25, 0.3) is 0 Å². The van der Waals surface area contributed by atoms with E-state index in [0.717, 1.165) is 0 Å². The van der Waals surface area contributed by atoms with Gasteiger partial charge in [0.15, 0.2) is 0 Å². The largest absolute Gasteiger partial charge is 0.0616 e. The van der Waals surface area contributed by atoms with E-state index in [9.17, 15) is 0 Å². The molecule has 0 aromatic heterocycles. The molecule has 0 fully saturated rings. The SMILES string of the molecule is c1ccc2c(c1)ccc1c3c(c4ccc5ccccc5c4c12)C1c2c(c4ccc5ccccc5c4c4c2ccc2ccccc24)C3c2c1c1ccc3ccccc3c1c1c2ccc2ccccc21. The van der Waals surface area contributed by atoms with Crippen molar-refractivity contribution in [3.8, 4) is 0 Å². The summed E-state index contributed by atoms with van der Waals surface area (Å²) in [7, 11) is 0. The Labute approximate surface area is 390 Å². The predicted molar refractivity (Wildman–Crippen MR) is 291 cm³/mol. The fourth-order valence-corrected chi connectivity index (χ4v) is 14.2. The number of fused-ring (bicyclic) bond motifs is 21. The van der Waals surface area contributed by atoms with Gasteiger partial charge in [0.2, 0.25) is 0 Å². The zero-order valence-electron chi connectivity index (χ0n) is 36.9. The van der Waals surface area contributed by atoms with E-state index < -0.39 is 0 Å². The molecule has 2 bridgehead atoms. The van der Waals surface area contributed by atoms with Gasteiger partial charge in [-0.15, -0.1) is 0 Å². The molecular weight excluding hydrogens is 817 g/mol. The van der Waals surface area contributed by atoms with Crippen molar-refractivity contribution >= 4 is 129 Å². The van der Waals surface area contributed by atoms with E-state index in [-0.39, 0.29) is 11.8 Å². The molecular formula is C68H38. The topological polar surface area (TPSA) is 0 Å². The summed E-state index contributed by atoms with van der Waals surface area (Å²) in [4.78, 5) is 0. The molecule has 68 heavy (non-hydrogen) atoms. The van der Waals surface area contributed by atoms with Gasteiger partial charge < -0.3 is 0 Å². The lowest BCUT2D eigenvalue weighted by atomic mass is 9.56. The molecule has 0 atom stereocenters. The smallest absolute Gasteiger partial charge is 0.0368 e. The van der Waals surface area contributed by atoms with Crippen LogP contribution in [-0.2, 0) is 0 Å². The summed E-state index contributed by atoms with van der Waals surface area (Å²) >= 11 is 0. The zero-order valence-corrected chi connectivity index (χ0v) is 36.9. The third kappa shape index (κ3) is 4.25. The molecule has 0 saturated carbocycles. The molecule has 0 unspecified atom stereocenters. The number of rotatable bonds is 0. The third-order valence-electron chi connectivity index (χ3n) is 16.7. The molecule has 0 heteroatoms. The first-order valence-electron chi connectivity index (χ1n) is 24.2. The maximum absolute atomic E-state index is 2.50. The van der Waals surface area contributed by atoms with Gasteiger partial charge in [-0.1, -0.05) is 218 Å². The molecule has 0 saturated heterocycles. The van der Waals surface area contributed by atoms with Gasteiger partial charge in [0.05, 0.1) is 0 Å². The monoisotopic (exact) mass is 854 g/mol. The van der Waals surface area contributed by atoms with Gasteiger partial charge in [-0.3, -0.25) is 0 Å². The summed E-state index contributed by atoms with van der Waals surface area (Å²) < 4.78 is 0. The quantitative estimate of drug-likeness (QED) is 0.133. The average molecular weight is 855 g/mol. The van der Waals surface area contributed by atoms with E-state index >= 15 is 0 Å². The van der Waals surface area contributed by atoms with Gasteiger partial charge in [0.1, 0.15) is 0 Å². The van der Waals surface area contributed by atoms with E-state index in [2.05, 4.69) is 218 Å². The predicted octanol–water partition coefficient (Wildman–Crippen LogP) is 18.5. The highest BCUT2D eigenvalue weighted by Crippen LogP contribution is 2.66. The minimum atomic E-state index is -0.0569. The van der Waals surface area contributed by atoms with Gasteiger partial charge in [-0.25, -0.2) is 0 Å². The molecule has 18 rings (SSSR count). The zero-order chi connectivity index (χ0) is 43.9. The lowest BCUT2D eigenvalue weighted by Crippen LogP contribution is -2.29. The standard InChI is InChI=1S/C68H38/c1-7-19-43-37(13-1)25-31-49-55(43)56-44-20-8-2-14-38(44)26-32-50(56)62-61(49)67-63-51-33-27-39-15-3-9-21-45(39)57(51)59-47-23-11-5-17-41(47)29-35-53(59)65(63)68(62)66-54-36-30-42-18-6-12-24-48(42)60(54)58-46-22-10-4-16-40(46)28-34-52(58)64(66)67/h1-36,67-68H. The minimum Gasteiger partial charge on any atom is -0.0616 e. The summed E-state index contributed by atoms with van der Waals surface area (Å²) in [5.41, 5.74) is 8.85. The molecule has 310 valence electrons. The summed E-state index contributed by atoms with van der Waals surface area (Å²) in [6.07, 6.45) is 0. The van der Waals surface area contributed by atoms with E-state index in [1.54, 1.807) is 0 Å². The first-order valence-corrected chi connectivity index (χ1v) is 24.2. The van der Waals surface area contributed by atoms with Gasteiger partial charge >= 0.3 is 0 Å². The van der Waals surface area contributed by atoms with Crippen molar-refractivity contribution in [2.24, 2.45) is 0 Å². The average Bonchev–Trinajstić information content (AvgIpc) is 3.41. The highest BCUT2D eigenvalue weighted by molar-refractivity contribution is 6.35. The van der Waals surface area contributed by atoms with Crippen LogP contribution in [0.2, 0.25) is 0 Å². The van der Waals surface area contributed by atoms with E-state index in [1.165, 1.54) is 163 Å². The molecule has 0 heterocycles. The normalized spacial score (nSPS) is 15.4. The van der Waals surface area contributed by atoms with E-state index in [0.29, 0.717) is 0 Å². The lowest BCUT2D eigenvalue weighted by molar-refractivity contribution is 0.794. The van der Waals surface area contributed by atoms with E-state index in [4.69, 9.17) is 0 Å². The molecule has 0 spiro atoms. The first-order chi connectivity index (χ1) is 33.8. The second-order valence-corrected chi connectivity index (χ2v) is 19.6. The van der Waals surface area contributed by atoms with Crippen LogP contribution in [0.15, 0.2) is 218 Å². The third-order valence-corrected chi connectivity index (χ3v) is 16.7. The molecule has 0 radical (unpaired) electrons. The van der Waals surface area contributed by atoms with Crippen LogP contribution in [0.25, 0.3) is 129 Å². The summed E-state index contributed by atoms with van der Waals surface area (Å²) in [6, 6.07) is 83.9. The Hall–Kier alpha value is -8.58. The molecule has 0 nitrogen and oxygen atoms in total. The maximum atomic E-state index is 2.50. The van der Waals surface area contributed by atoms with Crippen LogP contribution in [0.1, 0.15) is 45.2 Å². The lowest BCUT2D eigenvalue weighted by Gasteiger charge is -2.46. The summed E-state index contributed by atoms with van der Waals surface area (Å²) in [6.45, 7) is 0. The fraction of sp³-hybridized carbons (Fsp3) is 0.0294. The van der Waals surface area contributed by atoms with Crippen LogP contribution in [0.5, 0.6) is 0 Å². The van der Waals surface area contributed by atoms with Crippen molar-refractivity contribution in [2.75, 3.05) is 0 Å². The first kappa shape index (κ1) is 35.7. The van der Waals surface area contributed by atoms with Crippen LogP contribution in [0.4, 0.5) is 0 Å². The number of hydrogen-bond donors (Lipinski definition) is 0. The Morgan fingerprint density at radius 3 is 0.485 bits per heavy atom. The molecule has 3 aliphatic carbocycles. The molecule has 15 aromatic rings. The summed E-state index contributed by atoms with van der Waals surface area (Å²) in [5.74, 6) is -0.114. The minimum absolute atomic E-state index is 0.0569. The van der Waals surface area contributed by atoms with Crippen molar-refractivity contribution < 1.29 is 0 Å². The summed E-state index contributed by atoms with van der Waals surface area (Å²) in [5, 5.41) is 32.0. The van der Waals surface area contributed by atoms with Crippen LogP contribution in [0, 0.1) is 0 Å². The van der Waals surface area contributed by atoms with Gasteiger partial charge in [0, 0.05) is 11.8 Å². The van der Waals surface area contributed by atoms with Crippen molar-refractivity contribution in [3.63, 3.8) is 0 Å². The maximum Gasteiger partial charge on any atom is 0.0368 e. The molecule has 15 aromatic carbocycles. The molecule has 0 aliphatic heterocycles. The Morgan fingerprint density at radius 2 is 0.309 bits per heavy atom. The van der Waals surface area contributed by atoms with Crippen LogP contribution >= 0.6 is 0 Å². The molecule has 3 aliphatic rings. The Balaban J connectivity index is 1.20. The highest BCUT2D eigenvalue weighted by Gasteiger charge is 2.48. The number of hydrogen-bond acceptors (Lipinski definition) is 0. The van der Waals surface area contributed by atoms with Crippen molar-refractivity contribution in [1.82, 2.24) is 0 Å². The van der Waals surface area contributed by atoms with Gasteiger partial charge in [-0.2, -0.15) is 0 Å². The van der Waals surface area contributed by atoms with Crippen LogP contribution < -0.4 is 0 Å². The second-order valence-electron chi connectivity index (χ2n) is 19.6. The second kappa shape index (κ2) is 12.6. The number of benzene rings is 15. The van der Waals surface area contributed by atoms with Crippen LogP contribution in [-0.4, -0.2) is 0 Å². The van der Waals surface area contributed by atoms with Crippen molar-refractivity contribution in [1.29, 1.82) is 0 Å². The highest BCUT2D eigenvalue weighted by atomic mass is 14.5. The van der Waals surface area contributed by atoms with Crippen LogP contribution in [0.3, 0.4) is 0 Å². The van der Waals surface area contributed by atoms with Gasteiger partial charge in [-0.05, 0) is 163 Å². The Bertz CT molecular complexity index is 4060. The fourth-order valence-electron chi connectivity index (χ4n) is 14.2. The molecule has 0 amide bonds. The van der Waals surface area contributed by atoms with Crippen molar-refractivity contribution in [3.05, 3.63) is 252 Å². The van der Waals surface area contributed by atoms with Crippen molar-refractivity contribution in [2.45, 2.75) is 11.8 Å². The van der Waals surface area contributed by atoms with E-state index in [1.807, 2.05) is 0 Å². The Morgan fingerprint density at radius 1 is 0.147 bits per heavy atom. The Kier molecular flexibility index (Phi) is 6.63. The molecule has 0 N–H and O–H groups in total.